The summed E-state index contributed by atoms with van der Waals surface area (Å²) in [6, 6.07) is 9.84. The Bertz CT molecular complexity index is 1320. The van der Waals surface area contributed by atoms with Gasteiger partial charge >= 0.3 is 5.69 Å². The van der Waals surface area contributed by atoms with Crippen LogP contribution in [0.4, 0.5) is 17.5 Å². The first kappa shape index (κ1) is 21.5. The number of methoxy groups -OCH3 is 2. The topological polar surface area (TPSA) is 112 Å². The fourth-order valence-corrected chi connectivity index (χ4v) is 3.85. The van der Waals surface area contributed by atoms with E-state index in [1.54, 1.807) is 24.4 Å². The zero-order valence-electron chi connectivity index (χ0n) is 16.8. The van der Waals surface area contributed by atoms with Crippen LogP contribution in [0.3, 0.4) is 0 Å². The molecule has 0 bridgehead atoms. The molecular weight excluding hydrogens is 457 g/mol. The van der Waals surface area contributed by atoms with E-state index in [1.807, 2.05) is 6.07 Å². The number of rotatable bonds is 6. The molecule has 0 saturated carbocycles. The number of pyridine rings is 1. The molecule has 2 aromatic carbocycles. The Morgan fingerprint density at radius 3 is 2.41 bits per heavy atom. The van der Waals surface area contributed by atoms with Crippen molar-refractivity contribution in [3.8, 4) is 22.6 Å². The number of hydrogen-bond donors (Lipinski definition) is 1. The van der Waals surface area contributed by atoms with Crippen molar-refractivity contribution in [2.75, 3.05) is 19.5 Å². The molecule has 2 aromatic heterocycles. The maximum Gasteiger partial charge on any atom is 0.311 e. The molecule has 0 aliphatic carbocycles. The molecule has 0 amide bonds. The molecule has 32 heavy (non-hydrogen) atoms. The van der Waals surface area contributed by atoms with Crippen LogP contribution >= 0.6 is 23.2 Å². The Hall–Kier alpha value is -3.69. The lowest BCUT2D eigenvalue weighted by atomic mass is 10.0. The highest BCUT2D eigenvalue weighted by Gasteiger charge is 2.19. The quantitative estimate of drug-likeness (QED) is 0.282. The number of fused-ring (bicyclic) bond motifs is 1. The second-order valence-electron chi connectivity index (χ2n) is 6.50. The molecule has 0 atom stereocenters. The zero-order valence-corrected chi connectivity index (χ0v) is 18.3. The summed E-state index contributed by atoms with van der Waals surface area (Å²) in [6.07, 6.45) is 3.03. The number of ether oxygens (including phenoxy) is 2. The van der Waals surface area contributed by atoms with E-state index < -0.39 is 4.92 Å². The van der Waals surface area contributed by atoms with Gasteiger partial charge < -0.3 is 14.8 Å². The van der Waals surface area contributed by atoms with Gasteiger partial charge in [-0.3, -0.25) is 10.1 Å². The van der Waals surface area contributed by atoms with Gasteiger partial charge in [0.15, 0.2) is 0 Å². The summed E-state index contributed by atoms with van der Waals surface area (Å²) in [7, 11) is 3.01. The lowest BCUT2D eigenvalue weighted by Crippen LogP contribution is -2.02. The minimum absolute atomic E-state index is 0.0514. The van der Waals surface area contributed by atoms with Crippen molar-refractivity contribution in [1.82, 2.24) is 15.0 Å². The zero-order chi connectivity index (χ0) is 22.8. The van der Waals surface area contributed by atoms with E-state index in [4.69, 9.17) is 32.7 Å². The molecule has 1 N–H and O–H groups in total. The highest BCUT2D eigenvalue weighted by molar-refractivity contribution is 6.41. The molecule has 0 aliphatic rings. The molecule has 0 unspecified atom stereocenters. The molecule has 0 spiro atoms. The van der Waals surface area contributed by atoms with Crippen molar-refractivity contribution in [3.05, 3.63) is 69.0 Å². The van der Waals surface area contributed by atoms with Gasteiger partial charge in [-0.15, -0.1) is 0 Å². The molecule has 11 heteroatoms. The Morgan fingerprint density at radius 1 is 1.03 bits per heavy atom. The van der Waals surface area contributed by atoms with Crippen LogP contribution in [0.1, 0.15) is 0 Å². The average Bonchev–Trinajstić information content (AvgIpc) is 2.79. The number of nitrogens with zero attached hydrogens (tertiary/aromatic N) is 4. The number of benzene rings is 2. The van der Waals surface area contributed by atoms with Crippen LogP contribution in [0, 0.1) is 10.1 Å². The van der Waals surface area contributed by atoms with Crippen LogP contribution in [0.25, 0.3) is 22.0 Å². The van der Waals surface area contributed by atoms with Gasteiger partial charge in [0.25, 0.3) is 0 Å². The van der Waals surface area contributed by atoms with E-state index in [0.717, 1.165) is 5.56 Å². The van der Waals surface area contributed by atoms with Gasteiger partial charge in [0, 0.05) is 35.5 Å². The molecule has 0 fully saturated rings. The average molecular weight is 472 g/mol. The first-order valence-corrected chi connectivity index (χ1v) is 9.92. The summed E-state index contributed by atoms with van der Waals surface area (Å²) in [5.74, 6) is 1.08. The summed E-state index contributed by atoms with van der Waals surface area (Å²) in [5.41, 5.74) is 1.70. The fraction of sp³-hybridized carbons (Fsp3) is 0.0952. The van der Waals surface area contributed by atoms with E-state index >= 15 is 0 Å². The Labute approximate surface area is 192 Å². The predicted octanol–water partition coefficient (Wildman–Crippen LogP) is 5.67. The predicted molar refractivity (Wildman–Crippen MR) is 122 cm³/mol. The largest absolute Gasteiger partial charge is 0.495 e. The lowest BCUT2D eigenvalue weighted by Gasteiger charge is -2.15. The van der Waals surface area contributed by atoms with Crippen LogP contribution in [0.15, 0.2) is 48.8 Å². The molecule has 4 aromatic rings. The maximum atomic E-state index is 11.2. The first-order valence-electron chi connectivity index (χ1n) is 9.16. The van der Waals surface area contributed by atoms with Crippen molar-refractivity contribution >= 4 is 51.6 Å². The summed E-state index contributed by atoms with van der Waals surface area (Å²) < 4.78 is 10.7. The minimum atomic E-state index is -0.529. The van der Waals surface area contributed by atoms with Crippen molar-refractivity contribution in [3.63, 3.8) is 0 Å². The number of hydrogen-bond acceptors (Lipinski definition) is 8. The van der Waals surface area contributed by atoms with Gasteiger partial charge in [0.05, 0.1) is 34.7 Å². The van der Waals surface area contributed by atoms with Gasteiger partial charge in [0.2, 0.25) is 11.8 Å². The van der Waals surface area contributed by atoms with Crippen LogP contribution in [0.5, 0.6) is 11.5 Å². The van der Waals surface area contributed by atoms with Crippen LogP contribution in [-0.2, 0) is 0 Å². The molecule has 4 rings (SSSR count). The number of aromatic nitrogens is 3. The van der Waals surface area contributed by atoms with E-state index in [-0.39, 0.29) is 17.5 Å². The van der Waals surface area contributed by atoms with Crippen molar-refractivity contribution in [2.24, 2.45) is 0 Å². The van der Waals surface area contributed by atoms with E-state index in [9.17, 15) is 10.1 Å². The van der Waals surface area contributed by atoms with E-state index in [0.29, 0.717) is 38.0 Å². The normalized spacial score (nSPS) is 10.8. The second kappa shape index (κ2) is 8.81. The molecule has 2 heterocycles. The summed E-state index contributed by atoms with van der Waals surface area (Å²) in [5, 5.41) is 15.4. The van der Waals surface area contributed by atoms with Crippen LogP contribution < -0.4 is 14.8 Å². The third kappa shape index (κ3) is 3.95. The molecule has 0 saturated heterocycles. The minimum Gasteiger partial charge on any atom is -0.495 e. The summed E-state index contributed by atoms with van der Waals surface area (Å²) >= 11 is 13.0. The third-order valence-electron chi connectivity index (χ3n) is 4.66. The number of halogens is 2. The summed E-state index contributed by atoms with van der Waals surface area (Å²) in [6.45, 7) is 0. The standard InChI is InChI=1S/C21H15Cl2N5O4/c1-31-15-9-16(32-2)19(23)17(18(15)22)11-5-6-13-12(8-11)10-25-21(26-13)27-20-14(28(29)30)4-3-7-24-20/h3-10H,1-2H3,(H,24,25,26,27). The van der Waals surface area contributed by atoms with Crippen molar-refractivity contribution in [1.29, 1.82) is 0 Å². The van der Waals surface area contributed by atoms with Crippen molar-refractivity contribution in [2.45, 2.75) is 0 Å². The fourth-order valence-electron chi connectivity index (χ4n) is 3.13. The second-order valence-corrected chi connectivity index (χ2v) is 7.26. The Balaban J connectivity index is 1.75. The molecule has 162 valence electrons. The van der Waals surface area contributed by atoms with Crippen LogP contribution in [0.2, 0.25) is 10.0 Å². The molecule has 9 nitrogen and oxygen atoms in total. The Morgan fingerprint density at radius 2 is 1.75 bits per heavy atom. The molecular formula is C21H15Cl2N5O4. The highest BCUT2D eigenvalue weighted by atomic mass is 35.5. The van der Waals surface area contributed by atoms with Gasteiger partial charge in [-0.2, -0.15) is 0 Å². The maximum absolute atomic E-state index is 11.2. The van der Waals surface area contributed by atoms with E-state index in [1.165, 1.54) is 32.5 Å². The third-order valence-corrected chi connectivity index (χ3v) is 5.41. The SMILES string of the molecule is COc1cc(OC)c(Cl)c(-c2ccc3nc(Nc4ncccc4[N+](=O)[O-])ncc3c2)c1Cl. The first-order chi connectivity index (χ1) is 15.4. The van der Waals surface area contributed by atoms with Gasteiger partial charge in [-0.05, 0) is 23.8 Å². The number of anilines is 2. The molecule has 0 aliphatic heterocycles. The van der Waals surface area contributed by atoms with Gasteiger partial charge in [-0.25, -0.2) is 15.0 Å². The molecule has 0 radical (unpaired) electrons. The van der Waals surface area contributed by atoms with Gasteiger partial charge in [-0.1, -0.05) is 29.3 Å². The van der Waals surface area contributed by atoms with E-state index in [2.05, 4.69) is 20.3 Å². The highest BCUT2D eigenvalue weighted by Crippen LogP contribution is 2.46. The van der Waals surface area contributed by atoms with Crippen LogP contribution in [-0.4, -0.2) is 34.1 Å². The van der Waals surface area contributed by atoms with Gasteiger partial charge in [0.1, 0.15) is 11.5 Å². The lowest BCUT2D eigenvalue weighted by molar-refractivity contribution is -0.384. The number of nitro groups is 1. The monoisotopic (exact) mass is 471 g/mol. The summed E-state index contributed by atoms with van der Waals surface area (Å²) in [4.78, 5) is 23.3. The Kier molecular flexibility index (Phi) is 5.93. The smallest absolute Gasteiger partial charge is 0.311 e. The number of nitrogens with one attached hydrogen (secondary N) is 1. The van der Waals surface area contributed by atoms with Crippen molar-refractivity contribution < 1.29 is 14.4 Å².